The van der Waals surface area contributed by atoms with Crippen molar-refractivity contribution in [3.63, 3.8) is 0 Å². The lowest BCUT2D eigenvalue weighted by Gasteiger charge is -2.31. The number of carboxylic acid groups (broad SMARTS) is 1. The van der Waals surface area contributed by atoms with Crippen molar-refractivity contribution in [2.45, 2.75) is 26.1 Å². The summed E-state index contributed by atoms with van der Waals surface area (Å²) in [6.07, 6.45) is -0.869. The fourth-order valence-corrected chi connectivity index (χ4v) is 1.77. The maximum absolute atomic E-state index is 11.6. The zero-order valence-electron chi connectivity index (χ0n) is 12.9. The number of aliphatic carboxylic acids is 1. The Labute approximate surface area is 129 Å². The highest BCUT2D eigenvalue weighted by atomic mass is 16.7. The largest absolute Gasteiger partial charge is 0.479 e. The van der Waals surface area contributed by atoms with Crippen molar-refractivity contribution in [1.82, 2.24) is 5.48 Å². The highest BCUT2D eigenvalue weighted by molar-refractivity contribution is 5.78. The Morgan fingerprint density at radius 2 is 1.91 bits per heavy atom. The summed E-state index contributed by atoms with van der Waals surface area (Å²) in [6, 6.07) is 9.09. The van der Waals surface area contributed by atoms with E-state index in [1.807, 2.05) is 23.7 Å². The normalized spacial score (nSPS) is 13.5. The van der Waals surface area contributed by atoms with Crippen LogP contribution in [0.4, 0.5) is 4.79 Å². The molecule has 1 amide bonds. The predicted molar refractivity (Wildman–Crippen MR) is 77.9 cm³/mol. The molecule has 122 valence electrons. The first kappa shape index (κ1) is 17.9. The predicted octanol–water partition coefficient (Wildman–Crippen LogP) is 1.97. The average Bonchev–Trinajstić information content (AvgIpc) is 2.49. The topological polar surface area (TPSA) is 94.1 Å². The number of hydroxylamine groups is 1. The van der Waals surface area contributed by atoms with Crippen LogP contribution in [0, 0.1) is 5.92 Å². The molecule has 0 aliphatic carbocycles. The van der Waals surface area contributed by atoms with Crippen molar-refractivity contribution >= 4 is 12.1 Å². The van der Waals surface area contributed by atoms with Crippen molar-refractivity contribution in [2.24, 2.45) is 5.92 Å². The molecule has 0 aliphatic rings. The van der Waals surface area contributed by atoms with E-state index in [0.29, 0.717) is 0 Å². The van der Waals surface area contributed by atoms with Crippen molar-refractivity contribution in [3.8, 4) is 0 Å². The molecule has 1 aromatic carbocycles. The molecule has 0 unspecified atom stereocenters. The smallest absolute Gasteiger partial charge is 0.431 e. The Kier molecular flexibility index (Phi) is 6.81. The zero-order chi connectivity index (χ0) is 16.6. The second-order valence-electron chi connectivity index (χ2n) is 5.05. The molecule has 0 radical (unpaired) electrons. The van der Waals surface area contributed by atoms with Crippen molar-refractivity contribution in [2.75, 3.05) is 13.7 Å². The molecule has 22 heavy (non-hydrogen) atoms. The van der Waals surface area contributed by atoms with Crippen molar-refractivity contribution in [1.29, 1.82) is 0 Å². The van der Waals surface area contributed by atoms with Crippen LogP contribution in [0.25, 0.3) is 0 Å². The molecule has 7 heteroatoms. The van der Waals surface area contributed by atoms with E-state index in [0.717, 1.165) is 5.56 Å². The fraction of sp³-hybridized carbons (Fsp3) is 0.467. The van der Waals surface area contributed by atoms with E-state index in [1.54, 1.807) is 26.0 Å². The number of carbonyl (C=O) groups excluding carboxylic acids is 1. The quantitative estimate of drug-likeness (QED) is 0.713. The Hall–Kier alpha value is -2.12. The molecule has 7 nitrogen and oxygen atoms in total. The monoisotopic (exact) mass is 311 g/mol. The number of methoxy groups -OCH3 is 1. The van der Waals surface area contributed by atoms with E-state index < -0.39 is 23.6 Å². The van der Waals surface area contributed by atoms with Gasteiger partial charge in [-0.25, -0.2) is 14.4 Å². The highest BCUT2D eigenvalue weighted by Crippen LogP contribution is 2.22. The van der Waals surface area contributed by atoms with Crippen LogP contribution in [0.15, 0.2) is 30.3 Å². The molecule has 0 saturated heterocycles. The molecule has 0 saturated carbocycles. The average molecular weight is 311 g/mol. The molecule has 1 aromatic rings. The van der Waals surface area contributed by atoms with Crippen LogP contribution in [-0.4, -0.2) is 36.5 Å². The minimum atomic E-state index is -1.68. The van der Waals surface area contributed by atoms with Gasteiger partial charge in [-0.3, -0.25) is 0 Å². The van der Waals surface area contributed by atoms with Crippen LogP contribution in [-0.2, 0) is 25.7 Å². The van der Waals surface area contributed by atoms with Crippen LogP contribution in [0.1, 0.15) is 19.4 Å². The van der Waals surface area contributed by atoms with Gasteiger partial charge in [0.15, 0.2) is 0 Å². The summed E-state index contributed by atoms with van der Waals surface area (Å²) < 4.78 is 9.85. The van der Waals surface area contributed by atoms with Gasteiger partial charge < -0.3 is 14.6 Å². The lowest BCUT2D eigenvalue weighted by atomic mass is 9.91. The summed E-state index contributed by atoms with van der Waals surface area (Å²) in [5, 5.41) is 9.35. The standard InChI is InChI=1S/C15H21NO6/c1-11(2)15(10-20-3,13(17)18)22-16-14(19)21-9-12-7-5-4-6-8-12/h4-8,11H,9-10H2,1-3H3,(H,16,19)(H,17,18)/t15-/m1/s1. The molecule has 0 bridgehead atoms. The number of rotatable bonds is 8. The first-order valence-corrected chi connectivity index (χ1v) is 6.79. The number of hydrogen-bond acceptors (Lipinski definition) is 5. The van der Waals surface area contributed by atoms with Crippen LogP contribution in [0.3, 0.4) is 0 Å². The molecule has 0 fully saturated rings. The number of benzene rings is 1. The van der Waals surface area contributed by atoms with Crippen LogP contribution < -0.4 is 5.48 Å². The van der Waals surface area contributed by atoms with Crippen molar-refractivity contribution < 1.29 is 29.0 Å². The highest BCUT2D eigenvalue weighted by Gasteiger charge is 2.45. The molecular weight excluding hydrogens is 290 g/mol. The summed E-state index contributed by atoms with van der Waals surface area (Å²) in [4.78, 5) is 28.2. The minimum absolute atomic E-state index is 0.0576. The Bertz CT molecular complexity index is 490. The van der Waals surface area contributed by atoms with Gasteiger partial charge in [0.25, 0.3) is 0 Å². The second kappa shape index (κ2) is 8.35. The van der Waals surface area contributed by atoms with E-state index >= 15 is 0 Å². The number of hydrogen-bond donors (Lipinski definition) is 2. The Morgan fingerprint density at radius 3 is 2.41 bits per heavy atom. The number of carboxylic acids is 1. The van der Waals surface area contributed by atoms with E-state index in [1.165, 1.54) is 7.11 Å². The molecule has 1 atom stereocenters. The van der Waals surface area contributed by atoms with Gasteiger partial charge in [0.05, 0.1) is 6.61 Å². The van der Waals surface area contributed by atoms with Gasteiger partial charge in [-0.1, -0.05) is 44.2 Å². The van der Waals surface area contributed by atoms with Gasteiger partial charge in [0, 0.05) is 7.11 Å². The van der Waals surface area contributed by atoms with Gasteiger partial charge in [-0.15, -0.1) is 0 Å². The third kappa shape index (κ3) is 4.71. The molecule has 0 aromatic heterocycles. The number of nitrogens with one attached hydrogen (secondary N) is 1. The summed E-state index contributed by atoms with van der Waals surface area (Å²) in [7, 11) is 1.36. The Morgan fingerprint density at radius 1 is 1.27 bits per heavy atom. The molecule has 2 N–H and O–H groups in total. The first-order chi connectivity index (χ1) is 10.4. The number of amides is 1. The fourth-order valence-electron chi connectivity index (χ4n) is 1.77. The third-order valence-electron chi connectivity index (χ3n) is 3.18. The van der Waals surface area contributed by atoms with Gasteiger partial charge in [-0.05, 0) is 11.5 Å². The summed E-state index contributed by atoms with van der Waals surface area (Å²) in [5.41, 5.74) is 1.15. The first-order valence-electron chi connectivity index (χ1n) is 6.79. The van der Waals surface area contributed by atoms with E-state index in [9.17, 15) is 14.7 Å². The SMILES string of the molecule is COC[C@](ONC(=O)OCc1ccccc1)(C(=O)O)C(C)C. The summed E-state index contributed by atoms with van der Waals surface area (Å²) in [5.74, 6) is -1.66. The maximum Gasteiger partial charge on any atom is 0.431 e. The van der Waals surface area contributed by atoms with Gasteiger partial charge >= 0.3 is 12.1 Å². The summed E-state index contributed by atoms with van der Waals surface area (Å²) in [6.45, 7) is 3.16. The van der Waals surface area contributed by atoms with Crippen molar-refractivity contribution in [3.05, 3.63) is 35.9 Å². The van der Waals surface area contributed by atoms with Crippen LogP contribution >= 0.6 is 0 Å². The maximum atomic E-state index is 11.6. The van der Waals surface area contributed by atoms with Gasteiger partial charge in [-0.2, -0.15) is 5.48 Å². The molecule has 1 rings (SSSR count). The third-order valence-corrected chi connectivity index (χ3v) is 3.18. The Balaban J connectivity index is 2.57. The second-order valence-corrected chi connectivity index (χ2v) is 5.05. The molecule has 0 aliphatic heterocycles. The lowest BCUT2D eigenvalue weighted by Crippen LogP contribution is -2.54. The van der Waals surface area contributed by atoms with E-state index in [4.69, 9.17) is 14.3 Å². The van der Waals surface area contributed by atoms with Gasteiger partial charge in [0.2, 0.25) is 5.60 Å². The molecule has 0 heterocycles. The zero-order valence-corrected chi connectivity index (χ0v) is 12.9. The van der Waals surface area contributed by atoms with Gasteiger partial charge in [0.1, 0.15) is 6.61 Å². The van der Waals surface area contributed by atoms with E-state index in [2.05, 4.69) is 0 Å². The summed E-state index contributed by atoms with van der Waals surface area (Å²) >= 11 is 0. The number of carbonyl (C=O) groups is 2. The minimum Gasteiger partial charge on any atom is -0.479 e. The molecular formula is C15H21NO6. The molecule has 0 spiro atoms. The van der Waals surface area contributed by atoms with Crippen LogP contribution in [0.2, 0.25) is 0 Å². The van der Waals surface area contributed by atoms with Crippen LogP contribution in [0.5, 0.6) is 0 Å². The van der Waals surface area contributed by atoms with E-state index in [-0.39, 0.29) is 13.2 Å². The lowest BCUT2D eigenvalue weighted by molar-refractivity contribution is -0.194. The number of ether oxygens (including phenoxy) is 2.